The number of anilines is 1. The van der Waals surface area contributed by atoms with Gasteiger partial charge in [0, 0.05) is 29.6 Å². The SMILES string of the molecule is CCOc1cccc(N2CCS(=O)C(CC)(CC)C2)c1[N+](=O)[O-]. The Morgan fingerprint density at radius 3 is 2.61 bits per heavy atom. The van der Waals surface area contributed by atoms with Gasteiger partial charge >= 0.3 is 5.69 Å². The summed E-state index contributed by atoms with van der Waals surface area (Å²) in [5, 5.41) is 11.6. The molecule has 1 aliphatic rings. The Morgan fingerprint density at radius 1 is 1.35 bits per heavy atom. The fourth-order valence-corrected chi connectivity index (χ4v) is 4.89. The Kier molecular flexibility index (Phi) is 5.62. The monoisotopic (exact) mass is 340 g/mol. The fraction of sp³-hybridized carbons (Fsp3) is 0.625. The number of nitrogens with zero attached hydrogens (tertiary/aromatic N) is 2. The van der Waals surface area contributed by atoms with E-state index < -0.39 is 10.8 Å². The third kappa shape index (κ3) is 3.34. The van der Waals surface area contributed by atoms with Crippen molar-refractivity contribution in [1.29, 1.82) is 0 Å². The summed E-state index contributed by atoms with van der Waals surface area (Å²) in [6, 6.07) is 5.16. The van der Waals surface area contributed by atoms with E-state index >= 15 is 0 Å². The number of hydrogen-bond donors (Lipinski definition) is 0. The summed E-state index contributed by atoms with van der Waals surface area (Å²) in [7, 11) is -0.900. The van der Waals surface area contributed by atoms with Gasteiger partial charge in [-0.25, -0.2) is 0 Å². The lowest BCUT2D eigenvalue weighted by Crippen LogP contribution is -2.53. The quantitative estimate of drug-likeness (QED) is 0.587. The van der Waals surface area contributed by atoms with E-state index in [9.17, 15) is 14.3 Å². The Morgan fingerprint density at radius 2 is 2.04 bits per heavy atom. The molecule has 6 nitrogen and oxygen atoms in total. The topological polar surface area (TPSA) is 72.7 Å². The highest BCUT2D eigenvalue weighted by atomic mass is 32.2. The normalized spacial score (nSPS) is 20.3. The van der Waals surface area contributed by atoms with E-state index in [0.717, 1.165) is 12.8 Å². The maximum absolute atomic E-state index is 12.5. The zero-order valence-corrected chi connectivity index (χ0v) is 14.7. The largest absolute Gasteiger partial charge is 0.487 e. The summed E-state index contributed by atoms with van der Waals surface area (Å²) in [6.45, 7) is 7.39. The molecular formula is C16H24N2O4S. The van der Waals surface area contributed by atoms with E-state index in [-0.39, 0.29) is 15.4 Å². The lowest BCUT2D eigenvalue weighted by Gasteiger charge is -2.42. The van der Waals surface area contributed by atoms with Gasteiger partial charge in [-0.05, 0) is 31.9 Å². The van der Waals surface area contributed by atoms with Gasteiger partial charge in [0.25, 0.3) is 0 Å². The molecule has 0 N–H and O–H groups in total. The molecule has 0 saturated carbocycles. The predicted molar refractivity (Wildman–Crippen MR) is 92.8 cm³/mol. The minimum Gasteiger partial charge on any atom is -0.487 e. The average molecular weight is 340 g/mol. The third-order valence-corrected chi connectivity index (χ3v) is 6.82. The smallest absolute Gasteiger partial charge is 0.333 e. The summed E-state index contributed by atoms with van der Waals surface area (Å²) in [5.74, 6) is 0.831. The number of nitro groups is 1. The third-order valence-electron chi connectivity index (χ3n) is 4.60. The van der Waals surface area contributed by atoms with Crippen LogP contribution in [0.25, 0.3) is 0 Å². The van der Waals surface area contributed by atoms with Gasteiger partial charge in [-0.3, -0.25) is 14.3 Å². The van der Waals surface area contributed by atoms with E-state index in [1.54, 1.807) is 25.1 Å². The molecule has 7 heteroatoms. The highest BCUT2D eigenvalue weighted by Crippen LogP contribution is 2.40. The lowest BCUT2D eigenvalue weighted by atomic mass is 10.0. The molecule has 0 aliphatic carbocycles. The molecule has 1 fully saturated rings. The van der Waals surface area contributed by atoms with Crippen LogP contribution in [0.3, 0.4) is 0 Å². The molecule has 2 rings (SSSR count). The molecule has 128 valence electrons. The highest BCUT2D eigenvalue weighted by Gasteiger charge is 2.40. The van der Waals surface area contributed by atoms with Crippen molar-refractivity contribution in [2.75, 3.05) is 30.3 Å². The zero-order chi connectivity index (χ0) is 17.0. The molecule has 0 bridgehead atoms. The maximum Gasteiger partial charge on any atom is 0.333 e. The second kappa shape index (κ2) is 7.29. The molecule has 1 aliphatic heterocycles. The minimum absolute atomic E-state index is 0.00291. The number of benzene rings is 1. The van der Waals surface area contributed by atoms with Crippen LogP contribution < -0.4 is 9.64 Å². The Labute approximate surface area is 139 Å². The molecule has 1 aromatic carbocycles. The van der Waals surface area contributed by atoms with Gasteiger partial charge < -0.3 is 9.64 Å². The molecule has 23 heavy (non-hydrogen) atoms. The van der Waals surface area contributed by atoms with Crippen LogP contribution >= 0.6 is 0 Å². The first kappa shape index (κ1) is 17.7. The van der Waals surface area contributed by atoms with Crippen LogP contribution in [-0.2, 0) is 10.8 Å². The lowest BCUT2D eigenvalue weighted by molar-refractivity contribution is -0.385. The first-order valence-corrected chi connectivity index (χ1v) is 9.34. The van der Waals surface area contributed by atoms with Crippen molar-refractivity contribution in [1.82, 2.24) is 0 Å². The summed E-state index contributed by atoms with van der Waals surface area (Å²) < 4.78 is 17.6. The first-order valence-electron chi connectivity index (χ1n) is 8.02. The predicted octanol–water partition coefficient (Wildman–Crippen LogP) is 3.12. The minimum atomic E-state index is -0.900. The number of hydrogen-bond acceptors (Lipinski definition) is 5. The van der Waals surface area contributed by atoms with Crippen LogP contribution in [0.5, 0.6) is 5.75 Å². The molecule has 1 heterocycles. The number of ether oxygens (including phenoxy) is 1. The molecule has 0 aromatic heterocycles. The van der Waals surface area contributed by atoms with Gasteiger partial charge in [0.1, 0.15) is 5.69 Å². The Balaban J connectivity index is 2.44. The number of para-hydroxylation sites is 1. The van der Waals surface area contributed by atoms with Crippen molar-refractivity contribution in [2.45, 2.75) is 38.4 Å². The first-order chi connectivity index (χ1) is 11.0. The van der Waals surface area contributed by atoms with E-state index in [1.165, 1.54) is 0 Å². The van der Waals surface area contributed by atoms with E-state index in [2.05, 4.69) is 0 Å². The standard InChI is InChI=1S/C16H24N2O4S/c1-4-16(5-2)12-17(10-11-23(16)21)13-8-7-9-14(22-6-3)15(13)18(19)20/h7-9H,4-6,10-12H2,1-3H3. The molecule has 1 unspecified atom stereocenters. The number of rotatable bonds is 6. The van der Waals surface area contributed by atoms with Crippen molar-refractivity contribution in [2.24, 2.45) is 0 Å². The second-order valence-electron chi connectivity index (χ2n) is 5.68. The molecule has 0 spiro atoms. The molecule has 1 saturated heterocycles. The highest BCUT2D eigenvalue weighted by molar-refractivity contribution is 7.86. The number of nitro benzene ring substituents is 1. The Hall–Kier alpha value is -1.63. The van der Waals surface area contributed by atoms with Gasteiger partial charge in [0.15, 0.2) is 5.75 Å². The van der Waals surface area contributed by atoms with E-state index in [0.29, 0.717) is 36.9 Å². The van der Waals surface area contributed by atoms with Gasteiger partial charge in [0.2, 0.25) is 0 Å². The molecule has 0 amide bonds. The molecule has 1 aromatic rings. The average Bonchev–Trinajstić information content (AvgIpc) is 2.55. The van der Waals surface area contributed by atoms with Gasteiger partial charge in [0.05, 0.1) is 16.3 Å². The Bertz CT molecular complexity index is 602. The van der Waals surface area contributed by atoms with E-state index in [1.807, 2.05) is 18.7 Å². The molecule has 0 radical (unpaired) electrons. The summed E-state index contributed by atoms with van der Waals surface area (Å²) in [5.41, 5.74) is 0.562. The van der Waals surface area contributed by atoms with Crippen molar-refractivity contribution < 1.29 is 13.9 Å². The van der Waals surface area contributed by atoms with Gasteiger partial charge in [-0.2, -0.15) is 0 Å². The van der Waals surface area contributed by atoms with Crippen LogP contribution in [0.15, 0.2) is 18.2 Å². The van der Waals surface area contributed by atoms with Crippen LogP contribution in [0, 0.1) is 10.1 Å². The molecule has 1 atom stereocenters. The second-order valence-corrected chi connectivity index (χ2v) is 7.64. The summed E-state index contributed by atoms with van der Waals surface area (Å²) in [4.78, 5) is 13.2. The van der Waals surface area contributed by atoms with Crippen molar-refractivity contribution in [3.05, 3.63) is 28.3 Å². The van der Waals surface area contributed by atoms with Crippen molar-refractivity contribution >= 4 is 22.2 Å². The van der Waals surface area contributed by atoms with Gasteiger partial charge in [-0.15, -0.1) is 0 Å². The van der Waals surface area contributed by atoms with Crippen LogP contribution in [0.1, 0.15) is 33.6 Å². The van der Waals surface area contributed by atoms with E-state index in [4.69, 9.17) is 4.74 Å². The summed E-state index contributed by atoms with van der Waals surface area (Å²) in [6.07, 6.45) is 1.59. The maximum atomic E-state index is 12.5. The fourth-order valence-electron chi connectivity index (χ4n) is 3.13. The van der Waals surface area contributed by atoms with Crippen LogP contribution in [0.4, 0.5) is 11.4 Å². The zero-order valence-electron chi connectivity index (χ0n) is 13.9. The summed E-state index contributed by atoms with van der Waals surface area (Å²) >= 11 is 0. The van der Waals surface area contributed by atoms with Crippen molar-refractivity contribution in [3.63, 3.8) is 0 Å². The molecular weight excluding hydrogens is 316 g/mol. The van der Waals surface area contributed by atoms with Gasteiger partial charge in [-0.1, -0.05) is 19.9 Å². The van der Waals surface area contributed by atoms with Crippen LogP contribution in [0.2, 0.25) is 0 Å². The van der Waals surface area contributed by atoms with Crippen molar-refractivity contribution in [3.8, 4) is 5.75 Å². The van der Waals surface area contributed by atoms with Crippen LogP contribution in [-0.4, -0.2) is 39.3 Å².